The first-order chi connectivity index (χ1) is 14.9. The van der Waals surface area contributed by atoms with Gasteiger partial charge in [-0.1, -0.05) is 0 Å². The minimum atomic E-state index is -0.319. The van der Waals surface area contributed by atoms with Crippen LogP contribution in [0.4, 0.5) is 0 Å². The van der Waals surface area contributed by atoms with E-state index in [0.29, 0.717) is 29.4 Å². The molecule has 0 aliphatic carbocycles. The van der Waals surface area contributed by atoms with Gasteiger partial charge in [0.05, 0.1) is 31.5 Å². The number of hydrogen-bond acceptors (Lipinski definition) is 5. The van der Waals surface area contributed by atoms with E-state index in [2.05, 4.69) is 17.1 Å². The largest absolute Gasteiger partial charge is 0.497 e. The fourth-order valence-electron chi connectivity index (χ4n) is 5.24. The van der Waals surface area contributed by atoms with Crippen molar-refractivity contribution >= 4 is 11.8 Å². The van der Waals surface area contributed by atoms with Gasteiger partial charge in [0.25, 0.3) is 5.91 Å². The van der Waals surface area contributed by atoms with E-state index in [1.54, 1.807) is 33.3 Å². The van der Waals surface area contributed by atoms with E-state index in [1.165, 1.54) is 0 Å². The molecule has 2 aliphatic heterocycles. The van der Waals surface area contributed by atoms with Crippen LogP contribution in [0.5, 0.6) is 11.5 Å². The van der Waals surface area contributed by atoms with Gasteiger partial charge in [-0.3, -0.25) is 14.7 Å². The Hall–Kier alpha value is -3.03. The van der Waals surface area contributed by atoms with Gasteiger partial charge in [0.1, 0.15) is 17.2 Å². The highest BCUT2D eigenvalue weighted by molar-refractivity contribution is 5.94. The van der Waals surface area contributed by atoms with Gasteiger partial charge in [-0.2, -0.15) is 5.10 Å². The molecule has 4 rings (SSSR count). The van der Waals surface area contributed by atoms with Crippen LogP contribution in [0.1, 0.15) is 50.0 Å². The number of fused-ring (bicyclic) bond motifs is 1. The molecule has 1 aromatic carbocycles. The van der Waals surface area contributed by atoms with Crippen LogP contribution in [0.25, 0.3) is 11.3 Å². The number of H-pyrrole nitrogens is 1. The van der Waals surface area contributed by atoms with Crippen LogP contribution in [0.15, 0.2) is 24.3 Å². The first kappa shape index (κ1) is 21.2. The van der Waals surface area contributed by atoms with Crippen molar-refractivity contribution in [2.24, 2.45) is 0 Å². The number of nitrogens with one attached hydrogen (secondary N) is 1. The van der Waals surface area contributed by atoms with Gasteiger partial charge < -0.3 is 19.3 Å². The zero-order chi connectivity index (χ0) is 22.2. The molecule has 2 saturated heterocycles. The molecule has 2 aliphatic rings. The van der Waals surface area contributed by atoms with Crippen LogP contribution < -0.4 is 9.47 Å². The number of carbonyl (C=O) groups is 2. The molecule has 2 amide bonds. The molecule has 0 bridgehead atoms. The Morgan fingerprint density at radius 2 is 1.97 bits per heavy atom. The van der Waals surface area contributed by atoms with Crippen molar-refractivity contribution in [2.75, 3.05) is 27.3 Å². The van der Waals surface area contributed by atoms with Gasteiger partial charge in [-0.15, -0.1) is 0 Å². The number of ether oxygens (including phenoxy) is 2. The zero-order valence-electron chi connectivity index (χ0n) is 18.6. The third-order valence-electron chi connectivity index (χ3n) is 6.79. The number of hydrogen-bond donors (Lipinski definition) is 1. The van der Waals surface area contributed by atoms with Crippen molar-refractivity contribution in [1.82, 2.24) is 20.0 Å². The third-order valence-corrected chi connectivity index (χ3v) is 6.79. The number of aromatic amines is 1. The fourth-order valence-corrected chi connectivity index (χ4v) is 5.24. The first-order valence-corrected chi connectivity index (χ1v) is 10.8. The van der Waals surface area contributed by atoms with Crippen LogP contribution >= 0.6 is 0 Å². The quantitative estimate of drug-likeness (QED) is 0.812. The smallest absolute Gasteiger partial charge is 0.272 e. The molecule has 2 fully saturated rings. The van der Waals surface area contributed by atoms with Crippen LogP contribution in [0.2, 0.25) is 0 Å². The molecule has 2 atom stereocenters. The molecule has 0 saturated carbocycles. The number of aromatic nitrogens is 2. The highest BCUT2D eigenvalue weighted by Crippen LogP contribution is 2.40. The Balaban J connectivity index is 1.61. The van der Waals surface area contributed by atoms with E-state index in [0.717, 1.165) is 37.8 Å². The highest BCUT2D eigenvalue weighted by Gasteiger charge is 2.49. The summed E-state index contributed by atoms with van der Waals surface area (Å²) in [4.78, 5) is 29.6. The summed E-state index contributed by atoms with van der Waals surface area (Å²) in [7, 11) is 3.19. The summed E-state index contributed by atoms with van der Waals surface area (Å²) in [5.74, 6) is 1.32. The van der Waals surface area contributed by atoms with Crippen LogP contribution in [0.3, 0.4) is 0 Å². The summed E-state index contributed by atoms with van der Waals surface area (Å²) in [6.07, 6.45) is 3.59. The summed E-state index contributed by atoms with van der Waals surface area (Å²) in [5, 5.41) is 7.29. The lowest BCUT2D eigenvalue weighted by molar-refractivity contribution is -0.143. The van der Waals surface area contributed by atoms with Crippen LogP contribution in [-0.2, 0) is 4.79 Å². The summed E-state index contributed by atoms with van der Waals surface area (Å²) in [6, 6.07) is 7.27. The fraction of sp³-hybridized carbons (Fsp3) is 0.522. The van der Waals surface area contributed by atoms with E-state index in [-0.39, 0.29) is 23.4 Å². The first-order valence-electron chi connectivity index (χ1n) is 10.8. The van der Waals surface area contributed by atoms with Crippen molar-refractivity contribution < 1.29 is 19.1 Å². The Bertz CT molecular complexity index is 988. The van der Waals surface area contributed by atoms with Gasteiger partial charge in [-0.05, 0) is 50.8 Å². The molecule has 8 nitrogen and oxygen atoms in total. The molecule has 0 unspecified atom stereocenters. The second-order valence-corrected chi connectivity index (χ2v) is 8.52. The second kappa shape index (κ2) is 8.24. The van der Waals surface area contributed by atoms with E-state index >= 15 is 0 Å². The van der Waals surface area contributed by atoms with Gasteiger partial charge in [0.15, 0.2) is 0 Å². The number of benzene rings is 1. The normalized spacial score (nSPS) is 23.3. The average Bonchev–Trinajstić information content (AvgIpc) is 3.26. The molecule has 1 N–H and O–H groups in total. The Kier molecular flexibility index (Phi) is 5.64. The Labute approximate surface area is 182 Å². The summed E-state index contributed by atoms with van der Waals surface area (Å²) in [6.45, 7) is 5.19. The average molecular weight is 427 g/mol. The van der Waals surface area contributed by atoms with Gasteiger partial charge >= 0.3 is 0 Å². The molecule has 8 heteroatoms. The van der Waals surface area contributed by atoms with Crippen molar-refractivity contribution in [3.8, 4) is 22.8 Å². The maximum atomic E-state index is 13.5. The predicted molar refractivity (Wildman–Crippen MR) is 116 cm³/mol. The SMILES string of the molecule is COc1ccc(-c2cc(C(=O)N3CCC[C@@]4(C)[C@H]3CCCN4C(C)=O)[nH]n2)c(OC)c1. The van der Waals surface area contributed by atoms with Crippen LogP contribution in [0, 0.1) is 0 Å². The molecule has 1 aromatic heterocycles. The standard InChI is InChI=1S/C23H30N4O4/c1-15(28)27-12-5-7-21-23(27,2)10-6-11-26(21)22(29)19-14-18(24-25-19)17-9-8-16(30-3)13-20(17)31-4/h8-9,13-14,21H,5-7,10-12H2,1-4H3,(H,24,25)/t21-,23+/m1/s1. The van der Waals surface area contributed by atoms with E-state index in [9.17, 15) is 9.59 Å². The van der Waals surface area contributed by atoms with Crippen molar-refractivity contribution in [3.05, 3.63) is 30.0 Å². The van der Waals surface area contributed by atoms with Crippen molar-refractivity contribution in [2.45, 2.75) is 51.1 Å². The minimum absolute atomic E-state index is 0.00803. The maximum Gasteiger partial charge on any atom is 0.272 e. The molecule has 0 radical (unpaired) electrons. The lowest BCUT2D eigenvalue weighted by Gasteiger charge is -2.56. The number of amides is 2. The molecule has 3 heterocycles. The van der Waals surface area contributed by atoms with Crippen molar-refractivity contribution in [1.29, 1.82) is 0 Å². The predicted octanol–water partition coefficient (Wildman–Crippen LogP) is 3.10. The van der Waals surface area contributed by atoms with E-state index in [4.69, 9.17) is 9.47 Å². The molecule has 166 valence electrons. The highest BCUT2D eigenvalue weighted by atomic mass is 16.5. The van der Waals surface area contributed by atoms with Gasteiger partial charge in [0.2, 0.25) is 5.91 Å². The minimum Gasteiger partial charge on any atom is -0.497 e. The van der Waals surface area contributed by atoms with Crippen LogP contribution in [-0.4, -0.2) is 70.7 Å². The number of rotatable bonds is 4. The molecular formula is C23H30N4O4. The number of carbonyl (C=O) groups excluding carboxylic acids is 2. The van der Waals surface area contributed by atoms with E-state index in [1.807, 2.05) is 21.9 Å². The van der Waals surface area contributed by atoms with Gasteiger partial charge in [-0.25, -0.2) is 0 Å². The third kappa shape index (κ3) is 3.64. The molecule has 0 spiro atoms. The Morgan fingerprint density at radius 1 is 1.16 bits per heavy atom. The second-order valence-electron chi connectivity index (χ2n) is 8.52. The lowest BCUT2D eigenvalue weighted by Crippen LogP contribution is -2.68. The van der Waals surface area contributed by atoms with Gasteiger partial charge in [0, 0.05) is 31.6 Å². The Morgan fingerprint density at radius 3 is 2.68 bits per heavy atom. The van der Waals surface area contributed by atoms with Crippen molar-refractivity contribution in [3.63, 3.8) is 0 Å². The molecule has 2 aromatic rings. The van der Waals surface area contributed by atoms with E-state index < -0.39 is 0 Å². The summed E-state index contributed by atoms with van der Waals surface area (Å²) < 4.78 is 10.7. The number of likely N-dealkylation sites (tertiary alicyclic amines) is 2. The lowest BCUT2D eigenvalue weighted by atomic mass is 9.76. The number of methoxy groups -OCH3 is 2. The zero-order valence-corrected chi connectivity index (χ0v) is 18.6. The monoisotopic (exact) mass is 426 g/mol. The molecular weight excluding hydrogens is 396 g/mol. The maximum absolute atomic E-state index is 13.5. The number of piperidine rings is 2. The summed E-state index contributed by atoms with van der Waals surface area (Å²) in [5.41, 5.74) is 1.54. The molecule has 31 heavy (non-hydrogen) atoms. The number of nitrogens with zero attached hydrogens (tertiary/aromatic N) is 3. The topological polar surface area (TPSA) is 87.8 Å². The summed E-state index contributed by atoms with van der Waals surface area (Å²) >= 11 is 0.